The molecule has 0 radical (unpaired) electrons. The molecule has 2 heterocycles. The molecule has 1 saturated carbocycles. The standard InChI is InChI=1S/C10H18N2.2ClH/c1-2-4-9(3-1)12-7-8-5-10(12)6-11-8;;/h8-11H,1-7H2;2*1H/t8-,10-;;/m0../s1. The summed E-state index contributed by atoms with van der Waals surface area (Å²) in [7, 11) is 0. The topological polar surface area (TPSA) is 15.3 Å². The second-order valence-corrected chi connectivity index (χ2v) is 4.63. The maximum atomic E-state index is 3.57. The zero-order valence-electron chi connectivity index (χ0n) is 8.45. The van der Waals surface area contributed by atoms with Crippen LogP contribution >= 0.6 is 24.8 Å². The van der Waals surface area contributed by atoms with Crippen LogP contribution in [0.1, 0.15) is 32.1 Å². The number of hydrogen-bond donors (Lipinski definition) is 1. The van der Waals surface area contributed by atoms with Crippen molar-refractivity contribution in [1.29, 1.82) is 0 Å². The first-order chi connectivity index (χ1) is 5.93. The molecule has 1 aliphatic carbocycles. The Morgan fingerprint density at radius 1 is 1.00 bits per heavy atom. The summed E-state index contributed by atoms with van der Waals surface area (Å²) in [5.74, 6) is 0. The van der Waals surface area contributed by atoms with Crippen LogP contribution in [0.3, 0.4) is 0 Å². The second kappa shape index (κ2) is 5.02. The number of rotatable bonds is 1. The molecule has 2 atom stereocenters. The highest BCUT2D eigenvalue weighted by molar-refractivity contribution is 5.85. The average molecular weight is 239 g/mol. The van der Waals surface area contributed by atoms with Gasteiger partial charge in [-0.2, -0.15) is 0 Å². The van der Waals surface area contributed by atoms with Gasteiger partial charge in [0.25, 0.3) is 0 Å². The summed E-state index contributed by atoms with van der Waals surface area (Å²) in [6.45, 7) is 2.61. The van der Waals surface area contributed by atoms with Crippen LogP contribution in [0.25, 0.3) is 0 Å². The molecule has 14 heavy (non-hydrogen) atoms. The minimum Gasteiger partial charge on any atom is -0.311 e. The fourth-order valence-corrected chi connectivity index (χ4v) is 3.28. The van der Waals surface area contributed by atoms with Gasteiger partial charge in [-0.15, -0.1) is 24.8 Å². The third-order valence-electron chi connectivity index (χ3n) is 3.89. The quantitative estimate of drug-likeness (QED) is 0.750. The number of fused-ring (bicyclic) bond motifs is 2. The monoisotopic (exact) mass is 238 g/mol. The van der Waals surface area contributed by atoms with Crippen molar-refractivity contribution in [3.8, 4) is 0 Å². The van der Waals surface area contributed by atoms with Crippen molar-refractivity contribution in [2.45, 2.75) is 50.2 Å². The average Bonchev–Trinajstić information content (AvgIpc) is 2.81. The van der Waals surface area contributed by atoms with E-state index in [1.165, 1.54) is 45.2 Å². The van der Waals surface area contributed by atoms with Crippen molar-refractivity contribution in [2.24, 2.45) is 0 Å². The highest BCUT2D eigenvalue weighted by Gasteiger charge is 2.41. The zero-order valence-corrected chi connectivity index (χ0v) is 10.1. The molecule has 0 spiro atoms. The van der Waals surface area contributed by atoms with E-state index < -0.39 is 0 Å². The number of nitrogens with one attached hydrogen (secondary N) is 1. The molecular formula is C10H20Cl2N2. The van der Waals surface area contributed by atoms with Crippen molar-refractivity contribution < 1.29 is 0 Å². The molecule has 3 fully saturated rings. The van der Waals surface area contributed by atoms with E-state index in [9.17, 15) is 0 Å². The van der Waals surface area contributed by atoms with E-state index in [-0.39, 0.29) is 24.8 Å². The van der Waals surface area contributed by atoms with Crippen molar-refractivity contribution in [1.82, 2.24) is 10.2 Å². The molecule has 0 aromatic carbocycles. The maximum Gasteiger partial charge on any atom is 0.0239 e. The Bertz CT molecular complexity index is 183. The van der Waals surface area contributed by atoms with Crippen LogP contribution in [0.2, 0.25) is 0 Å². The molecule has 84 valence electrons. The van der Waals surface area contributed by atoms with Crippen LogP contribution in [-0.2, 0) is 0 Å². The number of halogens is 2. The summed E-state index contributed by atoms with van der Waals surface area (Å²) in [6.07, 6.45) is 7.33. The number of hydrogen-bond acceptors (Lipinski definition) is 2. The summed E-state index contributed by atoms with van der Waals surface area (Å²) >= 11 is 0. The minimum absolute atomic E-state index is 0. The molecule has 3 aliphatic rings. The molecule has 4 heteroatoms. The lowest BCUT2D eigenvalue weighted by molar-refractivity contribution is 0.161. The summed E-state index contributed by atoms with van der Waals surface area (Å²) < 4.78 is 0. The largest absolute Gasteiger partial charge is 0.311 e. The van der Waals surface area contributed by atoms with Crippen LogP contribution in [-0.4, -0.2) is 36.1 Å². The fourth-order valence-electron chi connectivity index (χ4n) is 3.28. The summed E-state index contributed by atoms with van der Waals surface area (Å²) in [6, 6.07) is 2.70. The van der Waals surface area contributed by atoms with Crippen LogP contribution < -0.4 is 5.32 Å². The molecule has 0 amide bonds. The van der Waals surface area contributed by atoms with Gasteiger partial charge in [-0.05, 0) is 19.3 Å². The lowest BCUT2D eigenvalue weighted by Gasteiger charge is -2.32. The molecule has 2 nitrogen and oxygen atoms in total. The number of nitrogens with zero attached hydrogens (tertiary/aromatic N) is 1. The van der Waals surface area contributed by atoms with Gasteiger partial charge in [0.15, 0.2) is 0 Å². The Labute approximate surface area is 98.6 Å². The van der Waals surface area contributed by atoms with Crippen LogP contribution in [0.15, 0.2) is 0 Å². The van der Waals surface area contributed by atoms with Gasteiger partial charge < -0.3 is 5.32 Å². The first kappa shape index (κ1) is 12.6. The SMILES string of the molecule is C1CCC(N2C[C@@H]3C[C@H]2CN3)C1.Cl.Cl. The van der Waals surface area contributed by atoms with Crippen LogP contribution in [0.4, 0.5) is 0 Å². The third-order valence-corrected chi connectivity index (χ3v) is 3.89. The molecule has 2 saturated heterocycles. The van der Waals surface area contributed by atoms with Gasteiger partial charge in [-0.25, -0.2) is 0 Å². The van der Waals surface area contributed by atoms with Crippen molar-refractivity contribution in [3.05, 3.63) is 0 Å². The molecule has 2 aliphatic heterocycles. The van der Waals surface area contributed by atoms with E-state index in [2.05, 4.69) is 10.2 Å². The third kappa shape index (κ3) is 2.04. The number of likely N-dealkylation sites (tertiary alicyclic amines) is 1. The van der Waals surface area contributed by atoms with Gasteiger partial charge in [-0.1, -0.05) is 12.8 Å². The van der Waals surface area contributed by atoms with Gasteiger partial charge >= 0.3 is 0 Å². The highest BCUT2D eigenvalue weighted by Crippen LogP contribution is 2.32. The summed E-state index contributed by atoms with van der Waals surface area (Å²) in [5.41, 5.74) is 0. The molecule has 0 aromatic heterocycles. The van der Waals surface area contributed by atoms with Gasteiger partial charge in [-0.3, -0.25) is 4.90 Å². The lowest BCUT2D eigenvalue weighted by Crippen LogP contribution is -2.47. The first-order valence-corrected chi connectivity index (χ1v) is 5.42. The van der Waals surface area contributed by atoms with E-state index in [1.54, 1.807) is 0 Å². The maximum absolute atomic E-state index is 3.57. The van der Waals surface area contributed by atoms with E-state index in [0.29, 0.717) is 0 Å². The Balaban J connectivity index is 0.000000490. The second-order valence-electron chi connectivity index (χ2n) is 4.63. The van der Waals surface area contributed by atoms with Gasteiger partial charge in [0.2, 0.25) is 0 Å². The molecular weight excluding hydrogens is 219 g/mol. The van der Waals surface area contributed by atoms with E-state index >= 15 is 0 Å². The van der Waals surface area contributed by atoms with Crippen LogP contribution in [0.5, 0.6) is 0 Å². The summed E-state index contributed by atoms with van der Waals surface area (Å²) in [5, 5.41) is 3.57. The molecule has 0 aromatic rings. The van der Waals surface area contributed by atoms with Gasteiger partial charge in [0.1, 0.15) is 0 Å². The Morgan fingerprint density at radius 3 is 2.21 bits per heavy atom. The van der Waals surface area contributed by atoms with Crippen molar-refractivity contribution >= 4 is 24.8 Å². The van der Waals surface area contributed by atoms with Crippen molar-refractivity contribution in [2.75, 3.05) is 13.1 Å². The van der Waals surface area contributed by atoms with Gasteiger partial charge in [0.05, 0.1) is 0 Å². The van der Waals surface area contributed by atoms with Crippen molar-refractivity contribution in [3.63, 3.8) is 0 Å². The molecule has 3 rings (SSSR count). The molecule has 2 bridgehead atoms. The Kier molecular flexibility index (Phi) is 4.51. The normalized spacial score (nSPS) is 36.9. The first-order valence-electron chi connectivity index (χ1n) is 5.42. The predicted octanol–water partition coefficient (Wildman–Crippen LogP) is 1.82. The molecule has 1 N–H and O–H groups in total. The van der Waals surface area contributed by atoms with E-state index in [0.717, 1.165) is 18.1 Å². The zero-order chi connectivity index (χ0) is 7.97. The predicted molar refractivity (Wildman–Crippen MR) is 63.7 cm³/mol. The smallest absolute Gasteiger partial charge is 0.0239 e. The Hall–Kier alpha value is 0.500. The highest BCUT2D eigenvalue weighted by atomic mass is 35.5. The Morgan fingerprint density at radius 2 is 1.71 bits per heavy atom. The van der Waals surface area contributed by atoms with Gasteiger partial charge in [0, 0.05) is 31.2 Å². The summed E-state index contributed by atoms with van der Waals surface area (Å²) in [4.78, 5) is 2.79. The van der Waals surface area contributed by atoms with E-state index in [1.807, 2.05) is 0 Å². The van der Waals surface area contributed by atoms with Crippen LogP contribution in [0, 0.1) is 0 Å². The molecule has 0 unspecified atom stereocenters. The number of piperazine rings is 1. The lowest BCUT2D eigenvalue weighted by atomic mass is 10.2. The fraction of sp³-hybridized carbons (Fsp3) is 1.00. The minimum atomic E-state index is 0. The van der Waals surface area contributed by atoms with E-state index in [4.69, 9.17) is 0 Å².